The lowest BCUT2D eigenvalue weighted by atomic mass is 10.2. The number of hydrogen-bond acceptors (Lipinski definition) is 6. The number of rotatable bonds is 10. The maximum atomic E-state index is 11.3. The maximum Gasteiger partial charge on any atom is 0.332 e. The molecule has 1 N–H and O–H groups in total. The van der Waals surface area contributed by atoms with Crippen molar-refractivity contribution in [2.75, 3.05) is 26.3 Å². The molecule has 0 rings (SSSR count). The molecular weight excluding hydrogens is 250 g/mol. The zero-order valence-electron chi connectivity index (χ0n) is 11.9. The van der Waals surface area contributed by atoms with Gasteiger partial charge in [-0.25, -0.2) is 4.79 Å². The fourth-order valence-corrected chi connectivity index (χ4v) is 1.22. The van der Waals surface area contributed by atoms with Crippen LogP contribution in [-0.4, -0.2) is 49.9 Å². The van der Waals surface area contributed by atoms with Gasteiger partial charge in [-0.3, -0.25) is 4.79 Å². The molecule has 0 unspecified atom stereocenters. The van der Waals surface area contributed by atoms with Crippen LogP contribution in [0.4, 0.5) is 0 Å². The number of ketones is 1. The summed E-state index contributed by atoms with van der Waals surface area (Å²) in [5.74, 6) is -0.481. The van der Waals surface area contributed by atoms with E-state index in [2.05, 4.69) is 5.32 Å². The third kappa shape index (κ3) is 13.0. The van der Waals surface area contributed by atoms with Crippen LogP contribution in [-0.2, 0) is 23.9 Å². The molecule has 0 aromatic rings. The van der Waals surface area contributed by atoms with Gasteiger partial charge in [-0.1, -0.05) is 0 Å². The van der Waals surface area contributed by atoms with E-state index in [1.165, 1.54) is 0 Å². The first kappa shape index (κ1) is 17.7. The van der Waals surface area contributed by atoms with E-state index in [9.17, 15) is 14.4 Å². The molecule has 0 aromatic carbocycles. The fourth-order valence-electron chi connectivity index (χ4n) is 1.22. The van der Waals surface area contributed by atoms with Gasteiger partial charge in [-0.05, 0) is 20.8 Å². The van der Waals surface area contributed by atoms with E-state index in [1.54, 1.807) is 20.8 Å². The smallest absolute Gasteiger partial charge is 0.332 e. The van der Waals surface area contributed by atoms with Crippen molar-refractivity contribution in [1.29, 1.82) is 0 Å². The van der Waals surface area contributed by atoms with Gasteiger partial charge >= 0.3 is 5.97 Å². The second-order valence-electron chi connectivity index (χ2n) is 5.05. The van der Waals surface area contributed by atoms with E-state index in [0.29, 0.717) is 32.4 Å². The van der Waals surface area contributed by atoms with Crippen molar-refractivity contribution >= 4 is 18.0 Å². The Morgan fingerprint density at radius 2 is 1.89 bits per heavy atom. The Labute approximate surface area is 113 Å². The van der Waals surface area contributed by atoms with Crippen molar-refractivity contribution in [2.45, 2.75) is 39.2 Å². The predicted octanol–water partition coefficient (Wildman–Crippen LogP) is 0.483. The van der Waals surface area contributed by atoms with Crippen LogP contribution < -0.4 is 5.32 Å². The average Bonchev–Trinajstić information content (AvgIpc) is 2.25. The quantitative estimate of drug-likeness (QED) is 0.270. The van der Waals surface area contributed by atoms with Gasteiger partial charge < -0.3 is 19.6 Å². The number of ether oxygens (including phenoxy) is 2. The summed E-state index contributed by atoms with van der Waals surface area (Å²) >= 11 is 0. The largest absolute Gasteiger partial charge is 0.458 e. The minimum atomic E-state index is -0.502. The summed E-state index contributed by atoms with van der Waals surface area (Å²) in [6.07, 6.45) is 0.897. The van der Waals surface area contributed by atoms with Gasteiger partial charge in [0.05, 0.1) is 13.0 Å². The second kappa shape index (κ2) is 9.63. The normalized spacial score (nSPS) is 11.1. The van der Waals surface area contributed by atoms with E-state index in [4.69, 9.17) is 9.47 Å². The average molecular weight is 273 g/mol. The lowest BCUT2D eigenvalue weighted by Gasteiger charge is -2.19. The third-order valence-electron chi connectivity index (χ3n) is 1.95. The van der Waals surface area contributed by atoms with Gasteiger partial charge in [0, 0.05) is 19.5 Å². The van der Waals surface area contributed by atoms with Crippen molar-refractivity contribution < 1.29 is 23.9 Å². The van der Waals surface area contributed by atoms with E-state index >= 15 is 0 Å². The van der Waals surface area contributed by atoms with Crippen LogP contribution in [0.15, 0.2) is 0 Å². The summed E-state index contributed by atoms with van der Waals surface area (Å²) < 4.78 is 10.2. The first-order valence-corrected chi connectivity index (χ1v) is 6.31. The van der Waals surface area contributed by atoms with Gasteiger partial charge in [-0.15, -0.1) is 0 Å². The highest BCUT2D eigenvalue weighted by molar-refractivity contribution is 5.89. The van der Waals surface area contributed by atoms with E-state index < -0.39 is 11.6 Å². The minimum absolute atomic E-state index is 0.0309. The second-order valence-corrected chi connectivity index (χ2v) is 5.05. The topological polar surface area (TPSA) is 81.7 Å². The van der Waals surface area contributed by atoms with Crippen molar-refractivity contribution in [2.24, 2.45) is 0 Å². The van der Waals surface area contributed by atoms with Crippen molar-refractivity contribution in [1.82, 2.24) is 5.32 Å². The molecule has 0 bridgehead atoms. The van der Waals surface area contributed by atoms with Crippen molar-refractivity contribution in [3.8, 4) is 0 Å². The molecule has 0 aromatic heterocycles. The van der Waals surface area contributed by atoms with Gasteiger partial charge in [0.1, 0.15) is 24.3 Å². The molecule has 19 heavy (non-hydrogen) atoms. The molecule has 0 radical (unpaired) electrons. The Morgan fingerprint density at radius 3 is 2.47 bits per heavy atom. The van der Waals surface area contributed by atoms with Crippen LogP contribution >= 0.6 is 0 Å². The highest BCUT2D eigenvalue weighted by Crippen LogP contribution is 2.06. The molecule has 0 atom stereocenters. The Bertz CT molecular complexity index is 296. The molecule has 0 spiro atoms. The number of esters is 1. The molecule has 0 saturated heterocycles. The number of Topliss-reactive ketones (excluding diaryl/α,β-unsaturated/α-hetero) is 1. The van der Waals surface area contributed by atoms with Gasteiger partial charge in [0.15, 0.2) is 0 Å². The molecule has 110 valence electrons. The van der Waals surface area contributed by atoms with Crippen molar-refractivity contribution in [3.63, 3.8) is 0 Å². The molecule has 0 fully saturated rings. The molecule has 0 amide bonds. The summed E-state index contributed by atoms with van der Waals surface area (Å²) in [5.41, 5.74) is -0.502. The monoisotopic (exact) mass is 273 g/mol. The molecule has 0 heterocycles. The van der Waals surface area contributed by atoms with Crippen LogP contribution in [0.5, 0.6) is 0 Å². The zero-order valence-corrected chi connectivity index (χ0v) is 11.9. The minimum Gasteiger partial charge on any atom is -0.458 e. The molecule has 0 aliphatic carbocycles. The van der Waals surface area contributed by atoms with E-state index in [0.717, 1.165) is 0 Å². The lowest BCUT2D eigenvalue weighted by Crippen LogP contribution is -2.28. The zero-order chi connectivity index (χ0) is 14.7. The van der Waals surface area contributed by atoms with Crippen LogP contribution in [0.2, 0.25) is 0 Å². The number of hydrogen-bond donors (Lipinski definition) is 1. The standard InChI is InChI=1S/C13H23NO5/c1-13(2,3)19-12(17)10-18-9-7-14-6-4-11(16)5-8-15/h8,14H,4-7,9-10H2,1-3H3. The Hall–Kier alpha value is -1.27. The number of aldehydes is 1. The first-order valence-electron chi connectivity index (χ1n) is 6.31. The number of carbonyl (C=O) groups is 3. The highest BCUT2D eigenvalue weighted by Gasteiger charge is 2.15. The summed E-state index contributed by atoms with van der Waals surface area (Å²) in [6, 6.07) is 0. The van der Waals surface area contributed by atoms with Crippen LogP contribution in [0.25, 0.3) is 0 Å². The van der Waals surface area contributed by atoms with Crippen LogP contribution in [0.1, 0.15) is 33.6 Å². The highest BCUT2D eigenvalue weighted by atomic mass is 16.6. The Kier molecular flexibility index (Phi) is 8.99. The molecule has 0 aliphatic heterocycles. The fraction of sp³-hybridized carbons (Fsp3) is 0.769. The summed E-state index contributed by atoms with van der Waals surface area (Å²) in [7, 11) is 0. The molecule has 0 aliphatic rings. The summed E-state index contributed by atoms with van der Waals surface area (Å²) in [4.78, 5) is 32.3. The van der Waals surface area contributed by atoms with Gasteiger partial charge in [-0.2, -0.15) is 0 Å². The van der Waals surface area contributed by atoms with Gasteiger partial charge in [0.2, 0.25) is 0 Å². The summed E-state index contributed by atoms with van der Waals surface area (Å²) in [5, 5.41) is 2.98. The van der Waals surface area contributed by atoms with Gasteiger partial charge in [0.25, 0.3) is 0 Å². The SMILES string of the molecule is CC(C)(C)OC(=O)COCCNCCC(=O)CC=O. The van der Waals surface area contributed by atoms with E-state index in [-0.39, 0.29) is 18.8 Å². The third-order valence-corrected chi connectivity index (χ3v) is 1.95. The maximum absolute atomic E-state index is 11.3. The molecule has 6 heteroatoms. The van der Waals surface area contributed by atoms with Crippen LogP contribution in [0.3, 0.4) is 0 Å². The van der Waals surface area contributed by atoms with E-state index in [1.807, 2.05) is 0 Å². The molecule has 6 nitrogen and oxygen atoms in total. The molecular formula is C13H23NO5. The Morgan fingerprint density at radius 1 is 1.21 bits per heavy atom. The number of nitrogens with one attached hydrogen (secondary N) is 1. The number of carbonyl (C=O) groups excluding carboxylic acids is 3. The predicted molar refractivity (Wildman–Crippen MR) is 69.8 cm³/mol. The van der Waals surface area contributed by atoms with Crippen molar-refractivity contribution in [3.05, 3.63) is 0 Å². The molecule has 0 saturated carbocycles. The van der Waals surface area contributed by atoms with Crippen LogP contribution in [0, 0.1) is 0 Å². The first-order chi connectivity index (χ1) is 8.85. The Balaban J connectivity index is 3.38. The summed E-state index contributed by atoms with van der Waals surface area (Å²) in [6.45, 7) is 6.71. The lowest BCUT2D eigenvalue weighted by molar-refractivity contribution is -0.160.